The van der Waals surface area contributed by atoms with Gasteiger partial charge in [-0.3, -0.25) is 9.59 Å². The Bertz CT molecular complexity index is 600. The quantitative estimate of drug-likeness (QED) is 0.685. The van der Waals surface area contributed by atoms with E-state index in [-0.39, 0.29) is 6.04 Å². The fourth-order valence-electron chi connectivity index (χ4n) is 2.85. The predicted octanol–water partition coefficient (Wildman–Crippen LogP) is 2.20. The Morgan fingerprint density at radius 2 is 2.09 bits per heavy atom. The van der Waals surface area contributed by atoms with Crippen LogP contribution in [0.4, 0.5) is 5.69 Å². The second-order valence-corrected chi connectivity index (χ2v) is 5.58. The van der Waals surface area contributed by atoms with Gasteiger partial charge < -0.3 is 15.0 Å². The van der Waals surface area contributed by atoms with Gasteiger partial charge in [-0.15, -0.1) is 0 Å². The van der Waals surface area contributed by atoms with Crippen LogP contribution in [0.25, 0.3) is 0 Å². The maximum absolute atomic E-state index is 12.4. The van der Waals surface area contributed by atoms with Crippen LogP contribution in [0.3, 0.4) is 0 Å². The largest absolute Gasteiger partial charge is 0.465 e. The van der Waals surface area contributed by atoms with Gasteiger partial charge in [0.25, 0.3) is 0 Å². The molecule has 0 aromatic heterocycles. The minimum absolute atomic E-state index is 0.128. The predicted molar refractivity (Wildman–Crippen MR) is 86.1 cm³/mol. The Balaban J connectivity index is 2.06. The lowest BCUT2D eigenvalue weighted by atomic mass is 10.00. The molecule has 1 heterocycles. The molecule has 0 bridgehead atoms. The van der Waals surface area contributed by atoms with Gasteiger partial charge >= 0.3 is 17.8 Å². The van der Waals surface area contributed by atoms with E-state index in [9.17, 15) is 14.4 Å². The summed E-state index contributed by atoms with van der Waals surface area (Å²) in [5, 5.41) is 2.57. The van der Waals surface area contributed by atoms with E-state index < -0.39 is 17.8 Å². The van der Waals surface area contributed by atoms with Gasteiger partial charge in [0.2, 0.25) is 0 Å². The van der Waals surface area contributed by atoms with Crippen molar-refractivity contribution < 1.29 is 19.1 Å². The summed E-state index contributed by atoms with van der Waals surface area (Å²) in [6.45, 7) is 2.64. The second-order valence-electron chi connectivity index (χ2n) is 5.58. The van der Waals surface area contributed by atoms with Crippen molar-refractivity contribution in [2.24, 2.45) is 0 Å². The molecule has 1 aliphatic rings. The third-order valence-corrected chi connectivity index (χ3v) is 4.10. The lowest BCUT2D eigenvalue weighted by Gasteiger charge is -2.34. The highest BCUT2D eigenvalue weighted by atomic mass is 16.5. The van der Waals surface area contributed by atoms with Crippen molar-refractivity contribution in [3.8, 4) is 0 Å². The molecule has 1 aliphatic heterocycles. The van der Waals surface area contributed by atoms with Gasteiger partial charge in [-0.05, 0) is 43.9 Å². The topological polar surface area (TPSA) is 75.7 Å². The number of carbonyl (C=O) groups is 3. The van der Waals surface area contributed by atoms with Crippen LogP contribution in [0, 0.1) is 0 Å². The van der Waals surface area contributed by atoms with Crippen molar-refractivity contribution in [3.05, 3.63) is 29.8 Å². The number of nitrogens with one attached hydrogen (secondary N) is 1. The van der Waals surface area contributed by atoms with Gasteiger partial charge in [-0.1, -0.05) is 13.0 Å². The van der Waals surface area contributed by atoms with E-state index in [4.69, 9.17) is 0 Å². The molecule has 2 amide bonds. The number of likely N-dealkylation sites (tertiary alicyclic amines) is 1. The first-order valence-corrected chi connectivity index (χ1v) is 7.87. The summed E-state index contributed by atoms with van der Waals surface area (Å²) in [5.41, 5.74) is 0.721. The molecule has 1 unspecified atom stereocenters. The molecule has 1 aromatic carbocycles. The summed E-state index contributed by atoms with van der Waals surface area (Å²) in [6, 6.07) is 6.46. The van der Waals surface area contributed by atoms with Crippen molar-refractivity contribution >= 4 is 23.5 Å². The number of benzene rings is 1. The molecular weight excluding hydrogens is 296 g/mol. The number of rotatable bonds is 3. The van der Waals surface area contributed by atoms with Crippen molar-refractivity contribution in [2.75, 3.05) is 19.0 Å². The first kappa shape index (κ1) is 17.0. The second kappa shape index (κ2) is 7.76. The maximum Gasteiger partial charge on any atom is 0.337 e. The zero-order chi connectivity index (χ0) is 16.8. The summed E-state index contributed by atoms with van der Waals surface area (Å²) < 4.78 is 4.64. The van der Waals surface area contributed by atoms with E-state index >= 15 is 0 Å². The van der Waals surface area contributed by atoms with E-state index in [1.807, 2.05) is 6.92 Å². The SMILES string of the molecule is CCC1CCCCN1C(=O)C(=O)Nc1cccc(C(=O)OC)c1. The Kier molecular flexibility index (Phi) is 5.73. The van der Waals surface area contributed by atoms with Crippen LogP contribution >= 0.6 is 0 Å². The zero-order valence-corrected chi connectivity index (χ0v) is 13.5. The van der Waals surface area contributed by atoms with Crippen LogP contribution < -0.4 is 5.32 Å². The summed E-state index contributed by atoms with van der Waals surface area (Å²) in [5.74, 6) is -1.68. The molecule has 0 spiro atoms. The molecular formula is C17H22N2O4. The smallest absolute Gasteiger partial charge is 0.337 e. The van der Waals surface area contributed by atoms with Crippen molar-refractivity contribution in [2.45, 2.75) is 38.6 Å². The van der Waals surface area contributed by atoms with Crippen LogP contribution in [0.1, 0.15) is 43.0 Å². The highest BCUT2D eigenvalue weighted by molar-refractivity contribution is 6.39. The molecule has 1 saturated heterocycles. The normalized spacial score (nSPS) is 17.5. The highest BCUT2D eigenvalue weighted by Gasteiger charge is 2.29. The fourth-order valence-corrected chi connectivity index (χ4v) is 2.85. The number of methoxy groups -OCH3 is 1. The molecule has 0 saturated carbocycles. The average molecular weight is 318 g/mol. The van der Waals surface area contributed by atoms with E-state index in [1.165, 1.54) is 13.2 Å². The standard InChI is InChI=1S/C17H22N2O4/c1-3-14-9-4-5-10-19(14)16(21)15(20)18-13-8-6-7-12(11-13)17(22)23-2/h6-8,11,14H,3-5,9-10H2,1-2H3,(H,18,20). The maximum atomic E-state index is 12.4. The first-order chi connectivity index (χ1) is 11.1. The lowest BCUT2D eigenvalue weighted by Crippen LogP contribution is -2.48. The number of nitrogens with zero attached hydrogens (tertiary/aromatic N) is 1. The van der Waals surface area contributed by atoms with Crippen molar-refractivity contribution in [1.82, 2.24) is 4.90 Å². The third kappa shape index (κ3) is 4.09. The minimum Gasteiger partial charge on any atom is -0.465 e. The Hall–Kier alpha value is -2.37. The summed E-state index contributed by atoms with van der Waals surface area (Å²) in [7, 11) is 1.29. The molecule has 6 nitrogen and oxygen atoms in total. The number of carbonyl (C=O) groups excluding carboxylic acids is 3. The van der Waals surface area contributed by atoms with Crippen LogP contribution in [-0.2, 0) is 14.3 Å². The number of amides is 2. The number of hydrogen-bond donors (Lipinski definition) is 1. The Morgan fingerprint density at radius 1 is 1.30 bits per heavy atom. The molecule has 2 rings (SSSR count). The highest BCUT2D eigenvalue weighted by Crippen LogP contribution is 2.20. The third-order valence-electron chi connectivity index (χ3n) is 4.10. The van der Waals surface area contributed by atoms with E-state index in [1.54, 1.807) is 23.1 Å². The number of esters is 1. The monoisotopic (exact) mass is 318 g/mol. The number of piperidine rings is 1. The van der Waals surface area contributed by atoms with Gasteiger partial charge in [0, 0.05) is 18.3 Å². The number of anilines is 1. The van der Waals surface area contributed by atoms with Gasteiger partial charge in [-0.2, -0.15) is 0 Å². The van der Waals surface area contributed by atoms with Crippen LogP contribution in [0.15, 0.2) is 24.3 Å². The van der Waals surface area contributed by atoms with Crippen molar-refractivity contribution in [1.29, 1.82) is 0 Å². The average Bonchev–Trinajstić information content (AvgIpc) is 2.60. The van der Waals surface area contributed by atoms with Gasteiger partial charge in [-0.25, -0.2) is 4.79 Å². The molecule has 23 heavy (non-hydrogen) atoms. The van der Waals surface area contributed by atoms with Crippen LogP contribution in [0.5, 0.6) is 0 Å². The fraction of sp³-hybridized carbons (Fsp3) is 0.471. The molecule has 1 aromatic rings. The van der Waals surface area contributed by atoms with E-state index in [2.05, 4.69) is 10.1 Å². The van der Waals surface area contributed by atoms with Crippen molar-refractivity contribution in [3.63, 3.8) is 0 Å². The molecule has 6 heteroatoms. The lowest BCUT2D eigenvalue weighted by molar-refractivity contribution is -0.145. The van der Waals surface area contributed by atoms with E-state index in [0.717, 1.165) is 25.7 Å². The first-order valence-electron chi connectivity index (χ1n) is 7.87. The molecule has 1 N–H and O–H groups in total. The number of ether oxygens (including phenoxy) is 1. The molecule has 0 radical (unpaired) electrons. The summed E-state index contributed by atoms with van der Waals surface area (Å²) in [6.07, 6.45) is 3.79. The van der Waals surface area contributed by atoms with E-state index in [0.29, 0.717) is 17.8 Å². The zero-order valence-electron chi connectivity index (χ0n) is 13.5. The Morgan fingerprint density at radius 3 is 2.78 bits per heavy atom. The van der Waals surface area contributed by atoms with Crippen LogP contribution in [-0.4, -0.2) is 42.4 Å². The Labute approximate surface area is 135 Å². The molecule has 1 fully saturated rings. The molecule has 0 aliphatic carbocycles. The summed E-state index contributed by atoms with van der Waals surface area (Å²) >= 11 is 0. The number of hydrogen-bond acceptors (Lipinski definition) is 4. The van der Waals surface area contributed by atoms with Gasteiger partial charge in [0.15, 0.2) is 0 Å². The van der Waals surface area contributed by atoms with Gasteiger partial charge in [0.1, 0.15) is 0 Å². The van der Waals surface area contributed by atoms with Crippen LogP contribution in [0.2, 0.25) is 0 Å². The van der Waals surface area contributed by atoms with Gasteiger partial charge in [0.05, 0.1) is 12.7 Å². The molecule has 124 valence electrons. The molecule has 1 atom stereocenters. The minimum atomic E-state index is -0.674. The summed E-state index contributed by atoms with van der Waals surface area (Å²) in [4.78, 5) is 37.7.